The maximum absolute atomic E-state index is 6.54. The van der Waals surface area contributed by atoms with Crippen molar-refractivity contribution in [3.8, 4) is 169 Å². The third-order valence-electron chi connectivity index (χ3n) is 28.1. The lowest BCUT2D eigenvalue weighted by molar-refractivity contribution is 0.655. The molecular weight excluding hydrogens is 1840 g/mol. The Labute approximate surface area is 857 Å². The average Bonchev–Trinajstić information content (AvgIpc) is 1.59. The van der Waals surface area contributed by atoms with Gasteiger partial charge in [-0.1, -0.05) is 425 Å². The lowest BCUT2D eigenvalue weighted by atomic mass is 9.97. The second-order valence-corrected chi connectivity index (χ2v) is 37.2. The SMILES string of the molecule is c1ccc(-c2nc(-c3ccc(-c4cccc5c4oc4cc6oc7ccccc7c6cc45)cc3)nc(-c3ccccc3-c3ccccc3)n2)cc1.c1ccc(-c2nc(-c3ccc(-c4cccc5oc6cc7c(cc6c45)oc4ccccc47)cc3)nc(-c3ccccc3-c3ccccc3)n2)cc1.c1ccc(-c2nc(-c3ccc(-c4cccc5oc6cc7oc8ccccc8c7cc6c45)cc3)nc(-c3ccccc3-c3ccccc3)n2)cc1. The van der Waals surface area contributed by atoms with E-state index in [0.29, 0.717) is 52.4 Å². The predicted octanol–water partition coefficient (Wildman–Crippen LogP) is 36.0. The van der Waals surface area contributed by atoms with Crippen LogP contribution < -0.4 is 0 Å². The molecule has 0 aliphatic heterocycles. The Morgan fingerprint density at radius 3 is 0.687 bits per heavy atom. The van der Waals surface area contributed by atoms with Crippen molar-refractivity contribution in [3.05, 3.63) is 491 Å². The molecule has 0 spiro atoms. The maximum Gasteiger partial charge on any atom is 0.164 e. The number of rotatable bonds is 15. The van der Waals surface area contributed by atoms with Crippen LogP contribution in [0.3, 0.4) is 0 Å². The summed E-state index contributed by atoms with van der Waals surface area (Å²) in [6.07, 6.45) is 0. The fraction of sp³-hybridized carbons (Fsp3) is 0. The molecule has 0 atom stereocenters. The number of benzene rings is 21. The molecule has 9 heterocycles. The van der Waals surface area contributed by atoms with E-state index in [1.807, 2.05) is 255 Å². The zero-order valence-electron chi connectivity index (χ0n) is 80.2. The third-order valence-corrected chi connectivity index (χ3v) is 28.1. The number of nitrogens with zero attached hydrogens (tertiary/aromatic N) is 9. The molecule has 702 valence electrons. The Bertz CT molecular complexity index is 10400. The van der Waals surface area contributed by atoms with Gasteiger partial charge in [-0.25, -0.2) is 44.9 Å². The Balaban J connectivity index is 0.000000108. The van der Waals surface area contributed by atoms with Crippen LogP contribution in [0, 0.1) is 0 Å². The first kappa shape index (κ1) is 87.3. The lowest BCUT2D eigenvalue weighted by Gasteiger charge is -2.12. The quantitative estimate of drug-likeness (QED) is 0.0939. The van der Waals surface area contributed by atoms with Gasteiger partial charge < -0.3 is 26.5 Å². The van der Waals surface area contributed by atoms with E-state index in [0.717, 1.165) is 248 Å². The normalized spacial score (nSPS) is 11.6. The fourth-order valence-electron chi connectivity index (χ4n) is 20.9. The first-order chi connectivity index (χ1) is 74.3. The molecule has 0 unspecified atom stereocenters. The molecule has 0 fully saturated rings. The van der Waals surface area contributed by atoms with Crippen molar-refractivity contribution in [2.45, 2.75) is 0 Å². The number of hydrogen-bond acceptors (Lipinski definition) is 15. The van der Waals surface area contributed by atoms with E-state index in [-0.39, 0.29) is 0 Å². The molecule has 0 saturated carbocycles. The molecule has 15 heteroatoms. The average molecular weight is 1930 g/mol. The molecule has 15 nitrogen and oxygen atoms in total. The molecule has 0 amide bonds. The molecule has 0 saturated heterocycles. The second-order valence-electron chi connectivity index (χ2n) is 37.2. The van der Waals surface area contributed by atoms with Crippen molar-refractivity contribution < 1.29 is 26.5 Å². The highest BCUT2D eigenvalue weighted by atomic mass is 16.4. The summed E-state index contributed by atoms with van der Waals surface area (Å²) in [5.41, 5.74) is 31.4. The molecule has 0 bridgehead atoms. The molecule has 150 heavy (non-hydrogen) atoms. The van der Waals surface area contributed by atoms with E-state index >= 15 is 0 Å². The van der Waals surface area contributed by atoms with Crippen LogP contribution in [-0.4, -0.2) is 44.9 Å². The van der Waals surface area contributed by atoms with Crippen LogP contribution in [0.2, 0.25) is 0 Å². The molecule has 9 aromatic heterocycles. The number of aromatic nitrogens is 9. The van der Waals surface area contributed by atoms with Crippen molar-refractivity contribution in [2.24, 2.45) is 0 Å². The predicted molar refractivity (Wildman–Crippen MR) is 605 cm³/mol. The number of fused-ring (bicyclic) bond motifs is 18. The smallest absolute Gasteiger partial charge is 0.164 e. The van der Waals surface area contributed by atoms with Gasteiger partial charge in [0.2, 0.25) is 0 Å². The molecule has 0 aliphatic carbocycles. The highest BCUT2D eigenvalue weighted by Gasteiger charge is 2.26. The van der Waals surface area contributed by atoms with Crippen molar-refractivity contribution in [3.63, 3.8) is 0 Å². The topological polar surface area (TPSA) is 195 Å². The summed E-state index contributed by atoms with van der Waals surface area (Å²) >= 11 is 0. The maximum atomic E-state index is 6.54. The summed E-state index contributed by atoms with van der Waals surface area (Å²) in [5.74, 6) is 5.61. The van der Waals surface area contributed by atoms with Gasteiger partial charge in [0.25, 0.3) is 0 Å². The van der Waals surface area contributed by atoms with Crippen LogP contribution in [0.1, 0.15) is 0 Å². The summed E-state index contributed by atoms with van der Waals surface area (Å²) in [6.45, 7) is 0. The van der Waals surface area contributed by atoms with Crippen LogP contribution in [0.5, 0.6) is 0 Å². The number of hydrogen-bond donors (Lipinski definition) is 0. The molecule has 0 radical (unpaired) electrons. The first-order valence-electron chi connectivity index (χ1n) is 49.8. The van der Waals surface area contributed by atoms with Crippen molar-refractivity contribution >= 4 is 132 Å². The van der Waals surface area contributed by atoms with Gasteiger partial charge in [0.05, 0.1) is 0 Å². The summed E-state index contributed by atoms with van der Waals surface area (Å²) in [5, 5.41) is 12.9. The summed E-state index contributed by atoms with van der Waals surface area (Å²) < 4.78 is 37.9. The van der Waals surface area contributed by atoms with Crippen LogP contribution in [0.25, 0.3) is 301 Å². The zero-order chi connectivity index (χ0) is 99.1. The fourth-order valence-corrected chi connectivity index (χ4v) is 20.9. The largest absolute Gasteiger partial charge is 0.456 e. The molecule has 0 aliphatic rings. The van der Waals surface area contributed by atoms with Gasteiger partial charge in [-0.3, -0.25) is 0 Å². The Hall–Kier alpha value is -20.6. The zero-order valence-corrected chi connectivity index (χ0v) is 80.2. The van der Waals surface area contributed by atoms with Crippen LogP contribution in [-0.2, 0) is 0 Å². The number of para-hydroxylation sites is 4. The van der Waals surface area contributed by atoms with Gasteiger partial charge in [0.1, 0.15) is 67.0 Å². The molecule has 21 aromatic carbocycles. The minimum atomic E-state index is 0.611. The summed E-state index contributed by atoms with van der Waals surface area (Å²) in [4.78, 5) is 45.2. The Morgan fingerprint density at radius 2 is 0.313 bits per heavy atom. The minimum Gasteiger partial charge on any atom is -0.456 e. The van der Waals surface area contributed by atoms with Crippen LogP contribution in [0.4, 0.5) is 0 Å². The molecule has 30 rings (SSSR count). The van der Waals surface area contributed by atoms with Gasteiger partial charge in [0.15, 0.2) is 52.4 Å². The third kappa shape index (κ3) is 15.9. The van der Waals surface area contributed by atoms with Crippen LogP contribution >= 0.6 is 0 Å². The standard InChI is InChI=1S/3C45H27N3O2/c1-3-12-28(13-4-1)32-16-7-8-18-36(32)45-47-43(30-14-5-2-6-15-30)46-44(48-45)31-24-22-29(23-25-31)33-19-11-20-35-38-26-37-34-17-9-10-21-39(34)49-40(37)27-41(38)50-42(33)35;1-3-12-28(13-4-1)32-16-7-8-18-35(32)45-47-43(30-14-5-2-6-15-30)46-44(48-45)31-24-22-29(23-25-31)33-19-11-21-39-42(33)37-27-40-36(26-41(37)50-39)34-17-9-10-20-38(34)49-40;1-3-12-28(13-4-1)32-16-7-8-18-35(32)45-47-43(30-14-5-2-6-15-30)46-44(48-45)31-24-22-29(23-25-31)33-19-11-21-39-42(33)37-26-36-34-17-9-10-20-38(34)49-40(36)27-41(37)50-39/h3*1-27H. The van der Waals surface area contributed by atoms with Gasteiger partial charge in [-0.2, -0.15) is 0 Å². The second kappa shape index (κ2) is 37.0. The van der Waals surface area contributed by atoms with E-state index in [1.165, 1.54) is 0 Å². The van der Waals surface area contributed by atoms with Gasteiger partial charge in [0, 0.05) is 132 Å². The molecule has 30 aromatic rings. The first-order valence-corrected chi connectivity index (χ1v) is 49.8. The van der Waals surface area contributed by atoms with Crippen molar-refractivity contribution in [1.29, 1.82) is 0 Å². The molecule has 0 N–H and O–H groups in total. The van der Waals surface area contributed by atoms with E-state index in [1.54, 1.807) is 0 Å². The van der Waals surface area contributed by atoms with Crippen LogP contribution in [0.15, 0.2) is 518 Å². The lowest BCUT2D eigenvalue weighted by Crippen LogP contribution is -2.01. The highest BCUT2D eigenvalue weighted by molar-refractivity contribution is 6.21. The van der Waals surface area contributed by atoms with Gasteiger partial charge >= 0.3 is 0 Å². The Morgan fingerprint density at radius 1 is 0.107 bits per heavy atom. The Kier molecular flexibility index (Phi) is 21.5. The summed E-state index contributed by atoms with van der Waals surface area (Å²) in [6, 6.07) is 167. The molecular formula is C135H81N9O6. The van der Waals surface area contributed by atoms with Gasteiger partial charge in [-0.05, 0) is 116 Å². The van der Waals surface area contributed by atoms with Crippen molar-refractivity contribution in [2.75, 3.05) is 0 Å². The number of furan rings is 6. The highest BCUT2D eigenvalue weighted by Crippen LogP contribution is 2.48. The monoisotopic (exact) mass is 1920 g/mol. The van der Waals surface area contributed by atoms with E-state index in [4.69, 9.17) is 71.4 Å². The summed E-state index contributed by atoms with van der Waals surface area (Å²) in [7, 11) is 0. The van der Waals surface area contributed by atoms with E-state index < -0.39 is 0 Å². The van der Waals surface area contributed by atoms with Crippen molar-refractivity contribution in [1.82, 2.24) is 44.9 Å². The van der Waals surface area contributed by atoms with Gasteiger partial charge in [-0.15, -0.1) is 0 Å². The minimum absolute atomic E-state index is 0.611. The van der Waals surface area contributed by atoms with E-state index in [2.05, 4.69) is 237 Å². The van der Waals surface area contributed by atoms with E-state index in [9.17, 15) is 0 Å².